The van der Waals surface area contributed by atoms with E-state index in [4.69, 9.17) is 0 Å². The van der Waals surface area contributed by atoms with Crippen LogP contribution in [0.1, 0.15) is 0 Å². The molecule has 0 radical (unpaired) electrons. The summed E-state index contributed by atoms with van der Waals surface area (Å²) in [6, 6.07) is 9.59. The molecule has 0 spiro atoms. The molecule has 0 aliphatic heterocycles. The smallest absolute Gasteiger partial charge is 0.134 e. The number of nitrogens with zero attached hydrogens (tertiary/aromatic N) is 2. The average molecular weight is 276 g/mol. The van der Waals surface area contributed by atoms with Crippen LogP contribution in [-0.4, -0.2) is 27.3 Å². The molecular formula is C13H12N2OS2. The number of aromatic nitrogens is 2. The lowest BCUT2D eigenvalue weighted by Crippen LogP contribution is -2.07. The van der Waals surface area contributed by atoms with E-state index in [2.05, 4.69) is 9.97 Å². The van der Waals surface area contributed by atoms with E-state index < -0.39 is 0 Å². The van der Waals surface area contributed by atoms with Gasteiger partial charge in [0.1, 0.15) is 6.29 Å². The van der Waals surface area contributed by atoms with Gasteiger partial charge in [-0.25, -0.2) is 4.98 Å². The third kappa shape index (κ3) is 4.16. The largest absolute Gasteiger partial charge is 0.302 e. The summed E-state index contributed by atoms with van der Waals surface area (Å²) in [5.74, 6) is 0.731. The highest BCUT2D eigenvalue weighted by molar-refractivity contribution is 8.03. The molecule has 0 amide bonds. The number of aldehydes is 1. The monoisotopic (exact) mass is 276 g/mol. The Bertz CT molecular complexity index is 479. The third-order valence-electron chi connectivity index (χ3n) is 2.13. The first kappa shape index (κ1) is 13.1. The molecule has 0 aliphatic rings. The third-order valence-corrected chi connectivity index (χ3v) is 4.53. The van der Waals surface area contributed by atoms with Gasteiger partial charge in [0.2, 0.25) is 0 Å². The zero-order chi connectivity index (χ0) is 12.6. The van der Waals surface area contributed by atoms with Crippen LogP contribution in [-0.2, 0) is 4.79 Å². The zero-order valence-electron chi connectivity index (χ0n) is 9.60. The van der Waals surface area contributed by atoms with E-state index in [0.717, 1.165) is 22.0 Å². The van der Waals surface area contributed by atoms with Crippen molar-refractivity contribution in [1.29, 1.82) is 0 Å². The molecule has 1 atom stereocenters. The molecule has 1 unspecified atom stereocenters. The van der Waals surface area contributed by atoms with Crippen LogP contribution >= 0.6 is 23.5 Å². The van der Waals surface area contributed by atoms with Gasteiger partial charge >= 0.3 is 0 Å². The number of carbonyl (C=O) groups excluding carboxylic acids is 1. The summed E-state index contributed by atoms with van der Waals surface area (Å²) in [7, 11) is 0. The topological polar surface area (TPSA) is 42.9 Å². The maximum atomic E-state index is 11.1. The number of hydrogen-bond donors (Lipinski definition) is 0. The van der Waals surface area contributed by atoms with Crippen LogP contribution in [0, 0.1) is 0 Å². The van der Waals surface area contributed by atoms with Crippen molar-refractivity contribution >= 4 is 29.8 Å². The molecule has 0 saturated carbocycles. The Morgan fingerprint density at radius 2 is 2.00 bits per heavy atom. The Hall–Kier alpha value is -1.33. The van der Waals surface area contributed by atoms with Crippen molar-refractivity contribution in [3.05, 3.63) is 48.9 Å². The zero-order valence-corrected chi connectivity index (χ0v) is 11.2. The summed E-state index contributed by atoms with van der Waals surface area (Å²) in [6.07, 6.45) is 6.22. The number of thioether (sulfide) groups is 2. The fourth-order valence-electron chi connectivity index (χ4n) is 1.29. The van der Waals surface area contributed by atoms with Gasteiger partial charge in [0.25, 0.3) is 0 Å². The summed E-state index contributed by atoms with van der Waals surface area (Å²) >= 11 is 3.14. The van der Waals surface area contributed by atoms with Crippen LogP contribution in [0.5, 0.6) is 0 Å². The Morgan fingerprint density at radius 3 is 2.67 bits per heavy atom. The SMILES string of the molecule is O=CC(CSc1ccncc1)Sc1ccccn1. The van der Waals surface area contributed by atoms with Gasteiger partial charge in [-0.15, -0.1) is 11.8 Å². The molecule has 0 fully saturated rings. The summed E-state index contributed by atoms with van der Waals surface area (Å²) in [5, 5.41) is 0.794. The Labute approximate surface area is 114 Å². The predicted molar refractivity (Wildman–Crippen MR) is 74.9 cm³/mol. The molecule has 0 N–H and O–H groups in total. The molecule has 2 rings (SSSR count). The first-order chi connectivity index (χ1) is 8.88. The van der Waals surface area contributed by atoms with Crippen molar-refractivity contribution in [2.45, 2.75) is 15.2 Å². The molecule has 92 valence electrons. The van der Waals surface area contributed by atoms with Crippen molar-refractivity contribution in [3.63, 3.8) is 0 Å². The van der Waals surface area contributed by atoms with E-state index in [0.29, 0.717) is 0 Å². The van der Waals surface area contributed by atoms with E-state index in [9.17, 15) is 4.79 Å². The van der Waals surface area contributed by atoms with Gasteiger partial charge in [0.15, 0.2) is 0 Å². The predicted octanol–water partition coefficient (Wildman–Crippen LogP) is 2.93. The van der Waals surface area contributed by atoms with E-state index in [-0.39, 0.29) is 5.25 Å². The van der Waals surface area contributed by atoms with Gasteiger partial charge in [-0.2, -0.15) is 0 Å². The first-order valence-electron chi connectivity index (χ1n) is 5.44. The number of pyridine rings is 2. The second kappa shape index (κ2) is 7.18. The highest BCUT2D eigenvalue weighted by Crippen LogP contribution is 2.25. The van der Waals surface area contributed by atoms with E-state index >= 15 is 0 Å². The normalized spacial score (nSPS) is 12.0. The number of rotatable bonds is 6. The van der Waals surface area contributed by atoms with Crippen LogP contribution in [0.4, 0.5) is 0 Å². The van der Waals surface area contributed by atoms with Crippen LogP contribution < -0.4 is 0 Å². The molecular weight excluding hydrogens is 264 g/mol. The minimum atomic E-state index is -0.0851. The minimum absolute atomic E-state index is 0.0851. The van der Waals surface area contributed by atoms with E-state index in [1.54, 1.807) is 30.4 Å². The first-order valence-corrected chi connectivity index (χ1v) is 7.31. The standard InChI is InChI=1S/C13H12N2OS2/c16-9-12(18-13-3-1-2-6-15-13)10-17-11-4-7-14-8-5-11/h1-9,12H,10H2. The van der Waals surface area contributed by atoms with Gasteiger partial charge in [-0.05, 0) is 24.3 Å². The molecule has 5 heteroatoms. The summed E-state index contributed by atoms with van der Waals surface area (Å²) in [6.45, 7) is 0. The maximum absolute atomic E-state index is 11.1. The van der Waals surface area contributed by atoms with Crippen molar-refractivity contribution in [1.82, 2.24) is 9.97 Å². The van der Waals surface area contributed by atoms with Crippen LogP contribution in [0.2, 0.25) is 0 Å². The number of hydrogen-bond acceptors (Lipinski definition) is 5. The van der Waals surface area contributed by atoms with Crippen molar-refractivity contribution in [2.75, 3.05) is 5.75 Å². The van der Waals surface area contributed by atoms with Gasteiger partial charge in [-0.1, -0.05) is 17.8 Å². The second-order valence-electron chi connectivity index (χ2n) is 3.45. The molecule has 2 heterocycles. The highest BCUT2D eigenvalue weighted by atomic mass is 32.2. The van der Waals surface area contributed by atoms with Gasteiger partial charge in [0.05, 0.1) is 10.3 Å². The molecule has 0 aromatic carbocycles. The highest BCUT2D eigenvalue weighted by Gasteiger charge is 2.10. The molecule has 18 heavy (non-hydrogen) atoms. The van der Waals surface area contributed by atoms with Crippen LogP contribution in [0.25, 0.3) is 0 Å². The molecule has 0 aliphatic carbocycles. The Balaban J connectivity index is 1.88. The Morgan fingerprint density at radius 1 is 1.17 bits per heavy atom. The average Bonchev–Trinajstić information content (AvgIpc) is 2.45. The minimum Gasteiger partial charge on any atom is -0.302 e. The lowest BCUT2D eigenvalue weighted by Gasteiger charge is -2.08. The fourth-order valence-corrected chi connectivity index (χ4v) is 3.16. The van der Waals surface area contributed by atoms with Crippen LogP contribution in [0.15, 0.2) is 58.8 Å². The summed E-state index contributed by atoms with van der Waals surface area (Å²) in [5.41, 5.74) is 0. The van der Waals surface area contributed by atoms with Gasteiger partial charge in [-0.3, -0.25) is 4.98 Å². The Kier molecular flexibility index (Phi) is 5.23. The lowest BCUT2D eigenvalue weighted by molar-refractivity contribution is -0.107. The fraction of sp³-hybridized carbons (Fsp3) is 0.154. The molecule has 2 aromatic heterocycles. The lowest BCUT2D eigenvalue weighted by atomic mass is 10.5. The molecule has 3 nitrogen and oxygen atoms in total. The molecule has 0 bridgehead atoms. The molecule has 2 aromatic rings. The van der Waals surface area contributed by atoms with Gasteiger partial charge in [0, 0.05) is 29.2 Å². The number of carbonyl (C=O) groups is 1. The van der Waals surface area contributed by atoms with Gasteiger partial charge < -0.3 is 4.79 Å². The van der Waals surface area contributed by atoms with E-state index in [1.807, 2.05) is 30.3 Å². The van der Waals surface area contributed by atoms with Crippen molar-refractivity contribution < 1.29 is 4.79 Å². The quantitative estimate of drug-likeness (QED) is 0.599. The summed E-state index contributed by atoms with van der Waals surface area (Å²) < 4.78 is 0. The van der Waals surface area contributed by atoms with Crippen LogP contribution in [0.3, 0.4) is 0 Å². The van der Waals surface area contributed by atoms with Crippen molar-refractivity contribution in [3.8, 4) is 0 Å². The maximum Gasteiger partial charge on any atom is 0.134 e. The van der Waals surface area contributed by atoms with Crippen molar-refractivity contribution in [2.24, 2.45) is 0 Å². The summed E-state index contributed by atoms with van der Waals surface area (Å²) in [4.78, 5) is 20.3. The molecule has 0 saturated heterocycles. The van der Waals surface area contributed by atoms with E-state index in [1.165, 1.54) is 11.8 Å². The second-order valence-corrected chi connectivity index (χ2v) is 5.81.